The summed E-state index contributed by atoms with van der Waals surface area (Å²) in [5.74, 6) is 5.14. The molecule has 0 amide bonds. The van der Waals surface area contributed by atoms with Gasteiger partial charge in [0, 0.05) is 45.0 Å². The van der Waals surface area contributed by atoms with Gasteiger partial charge in [-0.05, 0) is 194 Å². The van der Waals surface area contributed by atoms with E-state index in [2.05, 4.69) is 0 Å². The van der Waals surface area contributed by atoms with Crippen LogP contribution >= 0.6 is 0 Å². The Kier molecular flexibility index (Phi) is 12.3. The van der Waals surface area contributed by atoms with Crippen molar-refractivity contribution in [3.63, 3.8) is 0 Å². The van der Waals surface area contributed by atoms with Gasteiger partial charge < -0.3 is 41.9 Å². The SMILES string of the molecule is Nc1ccc(Oc2ccc(C(=O)c3ccc(Oc4ccc(N)cc4)cc3)cc2)cc1.Nc1ccc(Oc2ccc(C(=O)c3ccc(Oc4ccc(N)cc4)cc3)cc2)cc1. The highest BCUT2D eigenvalue weighted by Crippen LogP contribution is 2.28. The first kappa shape index (κ1) is 39.7. The highest BCUT2D eigenvalue weighted by molar-refractivity contribution is 6.09. The number of anilines is 4. The van der Waals surface area contributed by atoms with E-state index in [0.29, 0.717) is 91.0 Å². The van der Waals surface area contributed by atoms with Gasteiger partial charge in [0.15, 0.2) is 11.6 Å². The lowest BCUT2D eigenvalue weighted by atomic mass is 10.0. The number of carbonyl (C=O) groups is 2. The van der Waals surface area contributed by atoms with Crippen molar-refractivity contribution in [1.29, 1.82) is 0 Å². The second kappa shape index (κ2) is 18.6. The number of nitrogens with two attached hydrogens (primary N) is 4. The third kappa shape index (κ3) is 10.9. The molecular weight excluding hydrogens is 753 g/mol. The Hall–Kier alpha value is -8.50. The summed E-state index contributed by atoms with van der Waals surface area (Å²) in [6, 6.07) is 56.6. The number of ketones is 2. The third-order valence-electron chi connectivity index (χ3n) is 8.93. The predicted octanol–water partition coefficient (Wildman–Crippen LogP) is 11.3. The minimum atomic E-state index is -0.0759. The van der Waals surface area contributed by atoms with Crippen LogP contribution in [-0.4, -0.2) is 11.6 Å². The number of rotatable bonds is 12. The summed E-state index contributed by atoms with van der Waals surface area (Å²) in [7, 11) is 0. The Morgan fingerprint density at radius 3 is 0.517 bits per heavy atom. The van der Waals surface area contributed by atoms with Gasteiger partial charge in [-0.2, -0.15) is 0 Å². The molecule has 0 atom stereocenters. The zero-order valence-electron chi connectivity index (χ0n) is 32.2. The van der Waals surface area contributed by atoms with Crippen LogP contribution in [0.4, 0.5) is 22.7 Å². The van der Waals surface area contributed by atoms with Crippen LogP contribution in [0.2, 0.25) is 0 Å². The minimum absolute atomic E-state index is 0.0759. The highest BCUT2D eigenvalue weighted by atomic mass is 16.5. The molecule has 0 saturated carbocycles. The molecule has 296 valence electrons. The van der Waals surface area contributed by atoms with Crippen LogP contribution in [0.25, 0.3) is 0 Å². The van der Waals surface area contributed by atoms with Crippen molar-refractivity contribution in [3.05, 3.63) is 216 Å². The van der Waals surface area contributed by atoms with Gasteiger partial charge in [-0.1, -0.05) is 0 Å². The van der Waals surface area contributed by atoms with Gasteiger partial charge in [-0.25, -0.2) is 0 Å². The van der Waals surface area contributed by atoms with Crippen LogP contribution in [-0.2, 0) is 0 Å². The van der Waals surface area contributed by atoms with Crippen LogP contribution < -0.4 is 41.9 Å². The van der Waals surface area contributed by atoms with E-state index in [1.165, 1.54) is 0 Å². The summed E-state index contributed by atoms with van der Waals surface area (Å²) in [4.78, 5) is 25.5. The Labute approximate surface area is 347 Å². The van der Waals surface area contributed by atoms with Gasteiger partial charge in [-0.3, -0.25) is 9.59 Å². The zero-order chi connectivity index (χ0) is 41.8. The summed E-state index contributed by atoms with van der Waals surface area (Å²) in [5, 5.41) is 0. The fraction of sp³-hybridized carbons (Fsp3) is 0. The van der Waals surface area contributed by atoms with E-state index in [4.69, 9.17) is 41.9 Å². The van der Waals surface area contributed by atoms with Gasteiger partial charge >= 0.3 is 0 Å². The van der Waals surface area contributed by atoms with Crippen molar-refractivity contribution < 1.29 is 28.5 Å². The quantitative estimate of drug-likeness (QED) is 0.0688. The fourth-order valence-electron chi connectivity index (χ4n) is 5.72. The molecule has 8 aromatic rings. The molecule has 60 heavy (non-hydrogen) atoms. The first-order valence-corrected chi connectivity index (χ1v) is 18.8. The average Bonchev–Trinajstić information content (AvgIpc) is 3.28. The van der Waals surface area contributed by atoms with E-state index in [9.17, 15) is 9.59 Å². The van der Waals surface area contributed by atoms with Gasteiger partial charge in [-0.15, -0.1) is 0 Å². The van der Waals surface area contributed by atoms with Crippen molar-refractivity contribution in [2.24, 2.45) is 0 Å². The predicted molar refractivity (Wildman–Crippen MR) is 236 cm³/mol. The molecular formula is C50H40N4O6. The van der Waals surface area contributed by atoms with Crippen molar-refractivity contribution in [2.75, 3.05) is 22.9 Å². The largest absolute Gasteiger partial charge is 0.457 e. The molecule has 0 aliphatic carbocycles. The number of ether oxygens (including phenoxy) is 4. The first-order chi connectivity index (χ1) is 29.1. The average molecular weight is 793 g/mol. The molecule has 0 aliphatic rings. The van der Waals surface area contributed by atoms with E-state index in [0.717, 1.165) is 0 Å². The molecule has 8 rings (SSSR count). The second-order valence-electron chi connectivity index (χ2n) is 13.4. The lowest BCUT2D eigenvalue weighted by Gasteiger charge is -2.08. The standard InChI is InChI=1S/2C25H20N2O3/c2*26-19-5-13-23(14-6-19)29-21-9-1-17(2-10-21)25(28)18-3-11-22(12-4-18)30-24-15-7-20(27)8-16-24/h2*1-16H,26-27H2. The lowest BCUT2D eigenvalue weighted by molar-refractivity contribution is 0.103. The molecule has 0 aliphatic heterocycles. The van der Waals surface area contributed by atoms with Crippen LogP contribution in [0.1, 0.15) is 31.8 Å². The van der Waals surface area contributed by atoms with Gasteiger partial charge in [0.1, 0.15) is 46.0 Å². The maximum Gasteiger partial charge on any atom is 0.193 e. The monoisotopic (exact) mass is 792 g/mol. The van der Waals surface area contributed by atoms with Gasteiger partial charge in [0.2, 0.25) is 0 Å². The molecule has 0 radical (unpaired) electrons. The topological polar surface area (TPSA) is 175 Å². The summed E-state index contributed by atoms with van der Waals surface area (Å²) >= 11 is 0. The van der Waals surface area contributed by atoms with Crippen LogP contribution in [0.5, 0.6) is 46.0 Å². The lowest BCUT2D eigenvalue weighted by Crippen LogP contribution is -2.01. The third-order valence-corrected chi connectivity index (χ3v) is 8.93. The molecule has 10 heteroatoms. The maximum absolute atomic E-state index is 12.8. The van der Waals surface area contributed by atoms with E-state index in [1.807, 2.05) is 0 Å². The fourth-order valence-corrected chi connectivity index (χ4v) is 5.72. The molecule has 0 unspecified atom stereocenters. The maximum atomic E-state index is 12.8. The van der Waals surface area contributed by atoms with E-state index >= 15 is 0 Å². The van der Waals surface area contributed by atoms with Gasteiger partial charge in [0.25, 0.3) is 0 Å². The number of hydrogen-bond acceptors (Lipinski definition) is 10. The Bertz CT molecular complexity index is 2270. The number of carbonyl (C=O) groups excluding carboxylic acids is 2. The highest BCUT2D eigenvalue weighted by Gasteiger charge is 2.12. The molecule has 0 aromatic heterocycles. The van der Waals surface area contributed by atoms with Crippen molar-refractivity contribution in [1.82, 2.24) is 0 Å². The van der Waals surface area contributed by atoms with Crippen LogP contribution in [0.15, 0.2) is 194 Å². The van der Waals surface area contributed by atoms with Gasteiger partial charge in [0.05, 0.1) is 0 Å². The second-order valence-corrected chi connectivity index (χ2v) is 13.4. The summed E-state index contributed by atoms with van der Waals surface area (Å²) in [6.07, 6.45) is 0. The Balaban J connectivity index is 0.000000181. The Morgan fingerprint density at radius 1 is 0.233 bits per heavy atom. The number of nitrogen functional groups attached to an aromatic ring is 4. The first-order valence-electron chi connectivity index (χ1n) is 18.8. The van der Waals surface area contributed by atoms with Crippen molar-refractivity contribution >= 4 is 34.3 Å². The molecule has 0 saturated heterocycles. The number of hydrogen-bond donors (Lipinski definition) is 4. The molecule has 10 nitrogen and oxygen atoms in total. The normalized spacial score (nSPS) is 10.4. The van der Waals surface area contributed by atoms with Crippen LogP contribution in [0.3, 0.4) is 0 Å². The summed E-state index contributed by atoms with van der Waals surface area (Å²) in [5.41, 5.74) is 27.7. The van der Waals surface area contributed by atoms with E-state index in [1.54, 1.807) is 194 Å². The molecule has 8 aromatic carbocycles. The Morgan fingerprint density at radius 2 is 0.367 bits per heavy atom. The molecule has 0 fully saturated rings. The van der Waals surface area contributed by atoms with E-state index in [-0.39, 0.29) is 11.6 Å². The smallest absolute Gasteiger partial charge is 0.193 e. The summed E-state index contributed by atoms with van der Waals surface area (Å²) in [6.45, 7) is 0. The van der Waals surface area contributed by atoms with E-state index < -0.39 is 0 Å². The van der Waals surface area contributed by atoms with Crippen LogP contribution in [0, 0.1) is 0 Å². The minimum Gasteiger partial charge on any atom is -0.457 e. The van der Waals surface area contributed by atoms with Crippen molar-refractivity contribution in [2.45, 2.75) is 0 Å². The molecule has 0 heterocycles. The summed E-state index contributed by atoms with van der Waals surface area (Å²) < 4.78 is 23.0. The molecule has 0 bridgehead atoms. The molecule has 0 spiro atoms. The molecule has 8 N–H and O–H groups in total. The number of benzene rings is 8. The van der Waals surface area contributed by atoms with Crippen molar-refractivity contribution in [3.8, 4) is 46.0 Å². The zero-order valence-corrected chi connectivity index (χ0v) is 32.2.